The lowest BCUT2D eigenvalue weighted by Crippen LogP contribution is -1.96. The molecule has 2 N–H and O–H groups in total. The molecular formula is C11H13N3. The van der Waals surface area contributed by atoms with Crippen LogP contribution in [0.4, 0.5) is 5.69 Å². The first-order valence-electron chi connectivity index (χ1n) is 4.73. The van der Waals surface area contributed by atoms with E-state index in [1.54, 1.807) is 0 Å². The minimum Gasteiger partial charge on any atom is -0.398 e. The zero-order chi connectivity index (χ0) is 10.1. The van der Waals surface area contributed by atoms with E-state index in [0.717, 1.165) is 34.4 Å². The van der Waals surface area contributed by atoms with Crippen LogP contribution in [0.3, 0.4) is 0 Å². The number of hydrogen-bond acceptors (Lipinski definition) is 3. The first-order valence-corrected chi connectivity index (χ1v) is 4.73. The number of nitrogens with zero attached hydrogens (tertiary/aromatic N) is 2. The quantitative estimate of drug-likeness (QED) is 0.695. The molecule has 3 heteroatoms. The molecule has 0 radical (unpaired) electrons. The molecule has 0 atom stereocenters. The first-order chi connectivity index (χ1) is 6.72. The largest absolute Gasteiger partial charge is 0.398 e. The molecule has 0 saturated carbocycles. The molecule has 0 fully saturated rings. The van der Waals surface area contributed by atoms with Crippen molar-refractivity contribution in [3.8, 4) is 0 Å². The molecule has 0 bridgehead atoms. The lowest BCUT2D eigenvalue weighted by molar-refractivity contribution is 0.960. The van der Waals surface area contributed by atoms with Crippen LogP contribution in [-0.4, -0.2) is 9.97 Å². The number of nitrogens with two attached hydrogens (primary N) is 1. The van der Waals surface area contributed by atoms with Crippen LogP contribution in [0.15, 0.2) is 18.3 Å². The Morgan fingerprint density at radius 1 is 1.36 bits per heavy atom. The topological polar surface area (TPSA) is 51.8 Å². The summed E-state index contributed by atoms with van der Waals surface area (Å²) in [5.41, 5.74) is 8.63. The van der Waals surface area contributed by atoms with Crippen LogP contribution >= 0.6 is 0 Å². The predicted molar refractivity (Wildman–Crippen MR) is 58.1 cm³/mol. The van der Waals surface area contributed by atoms with Gasteiger partial charge in [0.2, 0.25) is 0 Å². The van der Waals surface area contributed by atoms with Crippen LogP contribution in [0.5, 0.6) is 0 Å². The number of fused-ring (bicyclic) bond motifs is 1. The number of aryl methyl sites for hydroxylation is 2. The molecule has 0 spiro atoms. The monoisotopic (exact) mass is 187 g/mol. The van der Waals surface area contributed by atoms with E-state index < -0.39 is 0 Å². The molecular weight excluding hydrogens is 174 g/mol. The number of benzene rings is 1. The second kappa shape index (κ2) is 3.25. The fraction of sp³-hybridized carbons (Fsp3) is 0.273. The predicted octanol–water partition coefficient (Wildman–Crippen LogP) is 2.08. The Bertz CT molecular complexity index is 477. The summed E-state index contributed by atoms with van der Waals surface area (Å²) in [6.45, 7) is 4.04. The molecule has 2 rings (SSSR count). The summed E-state index contributed by atoms with van der Waals surface area (Å²) in [5.74, 6) is 0.877. The number of hydrogen-bond donors (Lipinski definition) is 1. The van der Waals surface area contributed by atoms with Crippen LogP contribution < -0.4 is 5.73 Å². The van der Waals surface area contributed by atoms with Crippen molar-refractivity contribution >= 4 is 16.6 Å². The van der Waals surface area contributed by atoms with Gasteiger partial charge in [-0.05, 0) is 24.6 Å². The molecule has 0 saturated heterocycles. The molecule has 1 aromatic heterocycles. The minimum absolute atomic E-state index is 0.797. The highest BCUT2D eigenvalue weighted by Gasteiger charge is 2.03. The van der Waals surface area contributed by atoms with Gasteiger partial charge >= 0.3 is 0 Å². The second-order valence-electron chi connectivity index (χ2n) is 3.35. The highest BCUT2D eigenvalue weighted by Crippen LogP contribution is 2.21. The first kappa shape index (κ1) is 8.94. The summed E-state index contributed by atoms with van der Waals surface area (Å²) in [7, 11) is 0. The van der Waals surface area contributed by atoms with E-state index in [1.165, 1.54) is 0 Å². The van der Waals surface area contributed by atoms with E-state index in [-0.39, 0.29) is 0 Å². The molecule has 0 aliphatic heterocycles. The van der Waals surface area contributed by atoms with Crippen LogP contribution in [0.1, 0.15) is 18.3 Å². The third-order valence-electron chi connectivity index (χ3n) is 2.44. The Morgan fingerprint density at radius 3 is 2.86 bits per heavy atom. The van der Waals surface area contributed by atoms with Gasteiger partial charge in [0, 0.05) is 23.7 Å². The van der Waals surface area contributed by atoms with Crippen molar-refractivity contribution in [2.45, 2.75) is 20.3 Å². The fourth-order valence-electron chi connectivity index (χ4n) is 1.47. The third-order valence-corrected chi connectivity index (χ3v) is 2.44. The van der Waals surface area contributed by atoms with Crippen molar-refractivity contribution in [2.24, 2.45) is 0 Å². The molecule has 14 heavy (non-hydrogen) atoms. The van der Waals surface area contributed by atoms with Crippen molar-refractivity contribution in [3.05, 3.63) is 29.7 Å². The molecule has 1 heterocycles. The van der Waals surface area contributed by atoms with E-state index in [9.17, 15) is 0 Å². The average molecular weight is 187 g/mol. The summed E-state index contributed by atoms with van der Waals surface area (Å²) in [6.07, 6.45) is 2.71. The summed E-state index contributed by atoms with van der Waals surface area (Å²) >= 11 is 0. The van der Waals surface area contributed by atoms with Gasteiger partial charge in [-0.25, -0.2) is 9.97 Å². The van der Waals surface area contributed by atoms with Gasteiger partial charge < -0.3 is 5.73 Å². The van der Waals surface area contributed by atoms with Crippen molar-refractivity contribution in [1.82, 2.24) is 9.97 Å². The van der Waals surface area contributed by atoms with Crippen molar-refractivity contribution in [1.29, 1.82) is 0 Å². The smallest absolute Gasteiger partial charge is 0.128 e. The Kier molecular flexibility index (Phi) is 2.08. The maximum absolute atomic E-state index is 5.80. The number of aromatic nitrogens is 2. The Hall–Kier alpha value is -1.64. The second-order valence-corrected chi connectivity index (χ2v) is 3.35. The van der Waals surface area contributed by atoms with E-state index >= 15 is 0 Å². The normalized spacial score (nSPS) is 10.7. The van der Waals surface area contributed by atoms with Gasteiger partial charge in [-0.15, -0.1) is 0 Å². The summed E-state index contributed by atoms with van der Waals surface area (Å²) in [5, 5.41) is 1.04. The Morgan fingerprint density at radius 2 is 2.14 bits per heavy atom. The number of nitrogen functional groups attached to an aromatic ring is 1. The van der Waals surface area contributed by atoms with Crippen molar-refractivity contribution < 1.29 is 0 Å². The van der Waals surface area contributed by atoms with Gasteiger partial charge in [0.1, 0.15) is 5.82 Å². The summed E-state index contributed by atoms with van der Waals surface area (Å²) in [6, 6.07) is 3.84. The number of anilines is 1. The Balaban J connectivity index is 2.74. The van der Waals surface area contributed by atoms with Crippen molar-refractivity contribution in [2.75, 3.05) is 5.73 Å². The van der Waals surface area contributed by atoms with Crippen LogP contribution in [0.25, 0.3) is 10.9 Å². The lowest BCUT2D eigenvalue weighted by Gasteiger charge is -2.05. The van der Waals surface area contributed by atoms with Gasteiger partial charge in [-0.2, -0.15) is 0 Å². The van der Waals surface area contributed by atoms with Crippen LogP contribution in [0.2, 0.25) is 0 Å². The van der Waals surface area contributed by atoms with Gasteiger partial charge in [0.15, 0.2) is 0 Å². The van der Waals surface area contributed by atoms with Gasteiger partial charge in [-0.3, -0.25) is 0 Å². The minimum atomic E-state index is 0.797. The SMILES string of the molecule is CCc1ncc2c(C)c(N)ccc2n1. The zero-order valence-electron chi connectivity index (χ0n) is 8.41. The molecule has 0 aliphatic carbocycles. The van der Waals surface area contributed by atoms with E-state index in [0.29, 0.717) is 0 Å². The van der Waals surface area contributed by atoms with E-state index in [2.05, 4.69) is 9.97 Å². The van der Waals surface area contributed by atoms with Gasteiger partial charge in [-0.1, -0.05) is 6.92 Å². The van der Waals surface area contributed by atoms with Crippen molar-refractivity contribution in [3.63, 3.8) is 0 Å². The molecule has 0 unspecified atom stereocenters. The maximum atomic E-state index is 5.80. The Labute approximate surface area is 83.0 Å². The fourth-order valence-corrected chi connectivity index (χ4v) is 1.47. The highest BCUT2D eigenvalue weighted by molar-refractivity contribution is 5.85. The molecule has 72 valence electrons. The molecule has 1 aromatic carbocycles. The zero-order valence-corrected chi connectivity index (χ0v) is 8.41. The number of rotatable bonds is 1. The van der Waals surface area contributed by atoms with Gasteiger partial charge in [0.25, 0.3) is 0 Å². The van der Waals surface area contributed by atoms with Crippen LogP contribution in [0, 0.1) is 6.92 Å². The third kappa shape index (κ3) is 1.31. The molecule has 2 aromatic rings. The summed E-state index contributed by atoms with van der Waals surface area (Å²) < 4.78 is 0. The molecule has 0 amide bonds. The molecule has 3 nitrogen and oxygen atoms in total. The van der Waals surface area contributed by atoms with Gasteiger partial charge in [0.05, 0.1) is 5.52 Å². The van der Waals surface area contributed by atoms with Crippen LogP contribution in [-0.2, 0) is 6.42 Å². The maximum Gasteiger partial charge on any atom is 0.128 e. The highest BCUT2D eigenvalue weighted by atomic mass is 14.9. The summed E-state index contributed by atoms with van der Waals surface area (Å²) in [4.78, 5) is 8.69. The van der Waals surface area contributed by atoms with E-state index in [4.69, 9.17) is 5.73 Å². The van der Waals surface area contributed by atoms with E-state index in [1.807, 2.05) is 32.2 Å². The lowest BCUT2D eigenvalue weighted by atomic mass is 10.1. The average Bonchev–Trinajstić information content (AvgIpc) is 2.23. The standard InChI is InChI=1S/C11H13N3/c1-3-11-13-6-8-7(2)9(12)4-5-10(8)14-11/h4-6H,3,12H2,1-2H3. The molecule has 0 aliphatic rings.